The maximum Gasteiger partial charge on any atom is 0.247 e. The predicted molar refractivity (Wildman–Crippen MR) is 94.4 cm³/mol. The van der Waals surface area contributed by atoms with E-state index in [0.717, 1.165) is 19.3 Å². The van der Waals surface area contributed by atoms with Crippen molar-refractivity contribution in [2.45, 2.75) is 50.4 Å². The number of rotatable bonds is 6. The number of hydrogen-bond acceptors (Lipinski definition) is 5. The lowest BCUT2D eigenvalue weighted by Crippen LogP contribution is -2.45. The normalized spacial score (nSPS) is 24.5. The van der Waals surface area contributed by atoms with Crippen molar-refractivity contribution in [1.29, 1.82) is 0 Å². The van der Waals surface area contributed by atoms with Crippen molar-refractivity contribution in [1.82, 2.24) is 5.32 Å². The third-order valence-electron chi connectivity index (χ3n) is 4.82. The molecule has 140 valence electrons. The van der Waals surface area contributed by atoms with E-state index in [0.29, 0.717) is 11.3 Å². The summed E-state index contributed by atoms with van der Waals surface area (Å²) in [5.74, 6) is -0.301. The van der Waals surface area contributed by atoms with Crippen molar-refractivity contribution < 1.29 is 24.5 Å². The van der Waals surface area contributed by atoms with Gasteiger partial charge in [0.15, 0.2) is 0 Å². The van der Waals surface area contributed by atoms with E-state index in [1.54, 1.807) is 0 Å². The zero-order valence-corrected chi connectivity index (χ0v) is 14.5. The van der Waals surface area contributed by atoms with E-state index >= 15 is 0 Å². The summed E-state index contributed by atoms with van der Waals surface area (Å²) in [6.07, 6.45) is 1.74. The first-order chi connectivity index (χ1) is 12.4. The molecule has 7 heteroatoms. The van der Waals surface area contributed by atoms with Crippen LogP contribution in [0.2, 0.25) is 0 Å². The fourth-order valence-electron chi connectivity index (χ4n) is 3.39. The monoisotopic (exact) mass is 360 g/mol. The summed E-state index contributed by atoms with van der Waals surface area (Å²) in [4.78, 5) is 23.0. The summed E-state index contributed by atoms with van der Waals surface area (Å²) < 4.78 is 5.85. The number of aliphatic hydroxyl groups is 2. The van der Waals surface area contributed by atoms with Gasteiger partial charge in [0.25, 0.3) is 0 Å². The fraction of sp³-hybridized carbons (Fsp3) is 0.474. The molecule has 3 rings (SSSR count). The van der Waals surface area contributed by atoms with Gasteiger partial charge in [0.2, 0.25) is 11.8 Å². The highest BCUT2D eigenvalue weighted by Gasteiger charge is 2.34. The summed E-state index contributed by atoms with van der Waals surface area (Å²) in [6.45, 7) is 0.125. The summed E-state index contributed by atoms with van der Waals surface area (Å²) in [5, 5.41) is 22.9. The summed E-state index contributed by atoms with van der Waals surface area (Å²) in [5.41, 5.74) is 7.91. The van der Waals surface area contributed by atoms with Crippen LogP contribution in [0.4, 0.5) is 0 Å². The van der Waals surface area contributed by atoms with Gasteiger partial charge in [-0.2, -0.15) is 0 Å². The molecule has 1 aromatic carbocycles. The number of primary amides is 1. The average molecular weight is 360 g/mol. The molecule has 1 aromatic rings. The topological polar surface area (TPSA) is 122 Å². The van der Waals surface area contributed by atoms with Gasteiger partial charge in [-0.15, -0.1) is 0 Å². The molecule has 0 radical (unpaired) electrons. The zero-order chi connectivity index (χ0) is 18.7. The molecule has 7 nitrogen and oxygen atoms in total. The van der Waals surface area contributed by atoms with Gasteiger partial charge in [0, 0.05) is 25.0 Å². The van der Waals surface area contributed by atoms with E-state index in [1.165, 1.54) is 17.2 Å². The molecular weight excluding hydrogens is 336 g/mol. The Morgan fingerprint density at radius 3 is 2.77 bits per heavy atom. The second-order valence-corrected chi connectivity index (χ2v) is 6.79. The molecule has 2 aliphatic carbocycles. The van der Waals surface area contributed by atoms with Crippen LogP contribution in [0.1, 0.15) is 30.4 Å². The molecule has 0 saturated carbocycles. The van der Waals surface area contributed by atoms with Crippen LogP contribution in [0.5, 0.6) is 5.75 Å². The van der Waals surface area contributed by atoms with Crippen molar-refractivity contribution >= 4 is 11.8 Å². The van der Waals surface area contributed by atoms with Crippen LogP contribution >= 0.6 is 0 Å². The van der Waals surface area contributed by atoms with Crippen LogP contribution < -0.4 is 15.8 Å². The Kier molecular flexibility index (Phi) is 5.58. The van der Waals surface area contributed by atoms with Crippen LogP contribution in [-0.2, 0) is 22.4 Å². The Morgan fingerprint density at radius 2 is 2.00 bits per heavy atom. The van der Waals surface area contributed by atoms with Gasteiger partial charge >= 0.3 is 0 Å². The number of nitrogens with two attached hydrogens (primary N) is 1. The summed E-state index contributed by atoms with van der Waals surface area (Å²) in [6, 6.07) is 5.82. The highest BCUT2D eigenvalue weighted by molar-refractivity contribution is 5.94. The number of aliphatic hydroxyl groups excluding tert-OH is 2. The molecule has 3 atom stereocenters. The van der Waals surface area contributed by atoms with Gasteiger partial charge in [0.1, 0.15) is 18.0 Å². The molecule has 0 fully saturated rings. The average Bonchev–Trinajstić information content (AvgIpc) is 3.06. The number of carbonyl (C=O) groups excluding carboxylic acids is 2. The Hall–Kier alpha value is -2.38. The lowest BCUT2D eigenvalue weighted by Gasteiger charge is -2.31. The minimum absolute atomic E-state index is 0.0214. The molecule has 0 saturated heterocycles. The molecule has 2 aliphatic rings. The van der Waals surface area contributed by atoms with E-state index in [9.17, 15) is 19.8 Å². The van der Waals surface area contributed by atoms with Crippen LogP contribution in [0.25, 0.3) is 0 Å². The largest absolute Gasteiger partial charge is 0.484 e. The second kappa shape index (κ2) is 7.88. The SMILES string of the molecule is NC(=O)CCNC(=O)C1=CC(Oc2ccc3c(c2)CCC3)C(O)C(O)C1. The van der Waals surface area contributed by atoms with E-state index in [4.69, 9.17) is 10.5 Å². The standard InChI is InChI=1S/C19H24N2O5/c20-17(23)6-7-21-19(25)13-9-15(22)18(24)16(10-13)26-14-5-4-11-2-1-3-12(11)8-14/h4-5,8,10,15-16,18,22,24H,1-3,6-7,9H2,(H2,20,23)(H,21,25). The number of benzene rings is 1. The molecule has 26 heavy (non-hydrogen) atoms. The van der Waals surface area contributed by atoms with Gasteiger partial charge in [-0.05, 0) is 48.6 Å². The lowest BCUT2D eigenvalue weighted by molar-refractivity contribution is -0.119. The molecule has 2 amide bonds. The molecular formula is C19H24N2O5. The molecule has 5 N–H and O–H groups in total. The van der Waals surface area contributed by atoms with Crippen LogP contribution in [-0.4, -0.2) is 46.9 Å². The van der Waals surface area contributed by atoms with Gasteiger partial charge < -0.3 is 26.0 Å². The first-order valence-corrected chi connectivity index (χ1v) is 8.86. The smallest absolute Gasteiger partial charge is 0.247 e. The number of fused-ring (bicyclic) bond motifs is 1. The number of ether oxygens (including phenoxy) is 1. The van der Waals surface area contributed by atoms with Crippen molar-refractivity contribution in [2.24, 2.45) is 5.73 Å². The van der Waals surface area contributed by atoms with Crippen LogP contribution in [0.15, 0.2) is 29.8 Å². The summed E-state index contributed by atoms with van der Waals surface area (Å²) in [7, 11) is 0. The van der Waals surface area contributed by atoms with Crippen molar-refractivity contribution in [3.05, 3.63) is 41.0 Å². The Bertz CT molecular complexity index is 731. The van der Waals surface area contributed by atoms with Gasteiger partial charge in [-0.25, -0.2) is 0 Å². The van der Waals surface area contributed by atoms with E-state index in [-0.39, 0.29) is 19.4 Å². The number of amides is 2. The van der Waals surface area contributed by atoms with E-state index in [2.05, 4.69) is 5.32 Å². The van der Waals surface area contributed by atoms with E-state index in [1.807, 2.05) is 18.2 Å². The minimum atomic E-state index is -1.12. The quantitative estimate of drug-likeness (QED) is 0.567. The van der Waals surface area contributed by atoms with Gasteiger partial charge in [-0.3, -0.25) is 9.59 Å². The first-order valence-electron chi connectivity index (χ1n) is 8.86. The lowest BCUT2D eigenvalue weighted by atomic mass is 9.91. The van der Waals surface area contributed by atoms with Gasteiger partial charge in [0.05, 0.1) is 6.10 Å². The number of nitrogens with one attached hydrogen (secondary N) is 1. The second-order valence-electron chi connectivity index (χ2n) is 6.79. The highest BCUT2D eigenvalue weighted by Crippen LogP contribution is 2.29. The fourth-order valence-corrected chi connectivity index (χ4v) is 3.39. The molecule has 0 heterocycles. The Balaban J connectivity index is 1.70. The number of carbonyl (C=O) groups is 2. The molecule has 0 bridgehead atoms. The molecule has 0 aliphatic heterocycles. The predicted octanol–water partition coefficient (Wildman–Crippen LogP) is -0.0338. The minimum Gasteiger partial charge on any atom is -0.484 e. The Labute approximate surface area is 151 Å². The zero-order valence-electron chi connectivity index (χ0n) is 14.5. The highest BCUT2D eigenvalue weighted by atomic mass is 16.5. The summed E-state index contributed by atoms with van der Waals surface area (Å²) >= 11 is 0. The van der Waals surface area contributed by atoms with Crippen molar-refractivity contribution in [3.8, 4) is 5.75 Å². The molecule has 0 aromatic heterocycles. The number of aryl methyl sites for hydroxylation is 2. The third-order valence-corrected chi connectivity index (χ3v) is 4.82. The van der Waals surface area contributed by atoms with Crippen LogP contribution in [0.3, 0.4) is 0 Å². The van der Waals surface area contributed by atoms with E-state index < -0.39 is 30.1 Å². The van der Waals surface area contributed by atoms with Gasteiger partial charge in [-0.1, -0.05) is 6.07 Å². The molecule has 0 spiro atoms. The molecule has 3 unspecified atom stereocenters. The van der Waals surface area contributed by atoms with Crippen molar-refractivity contribution in [3.63, 3.8) is 0 Å². The van der Waals surface area contributed by atoms with Crippen LogP contribution in [0, 0.1) is 0 Å². The third kappa shape index (κ3) is 4.23. The maximum atomic E-state index is 12.2. The van der Waals surface area contributed by atoms with Crippen molar-refractivity contribution in [2.75, 3.05) is 6.54 Å². The Morgan fingerprint density at radius 1 is 1.23 bits per heavy atom. The number of hydrogen-bond donors (Lipinski definition) is 4. The first kappa shape index (κ1) is 18.4. The maximum absolute atomic E-state index is 12.2.